The number of urea groups is 1. The van der Waals surface area contributed by atoms with Crippen molar-refractivity contribution in [2.45, 2.75) is 38.3 Å². The zero-order valence-corrected chi connectivity index (χ0v) is 17.9. The molecule has 1 aromatic carbocycles. The molecule has 2 aliphatic rings. The SMILES string of the molecule is COCCNC(=O)Cn1cc(/C=C2/C(=O)NC(=O)N(C3CCCC3)C2=O)c2ccccc21. The fourth-order valence-corrected chi connectivity index (χ4v) is 4.34. The topological polar surface area (TPSA) is 110 Å². The van der Waals surface area contributed by atoms with Gasteiger partial charge >= 0.3 is 6.03 Å². The lowest BCUT2D eigenvalue weighted by Gasteiger charge is -2.31. The quantitative estimate of drug-likeness (QED) is 0.389. The number of rotatable bonds is 7. The van der Waals surface area contributed by atoms with E-state index in [1.54, 1.807) is 17.9 Å². The van der Waals surface area contributed by atoms with Crippen LogP contribution in [0.25, 0.3) is 17.0 Å². The number of nitrogens with zero attached hydrogens (tertiary/aromatic N) is 2. The molecule has 0 bridgehead atoms. The molecule has 4 rings (SSSR count). The number of benzene rings is 1. The number of hydrogen-bond donors (Lipinski definition) is 2. The first kappa shape index (κ1) is 21.8. The first-order valence-electron chi connectivity index (χ1n) is 10.7. The smallest absolute Gasteiger partial charge is 0.331 e. The predicted octanol–water partition coefficient (Wildman–Crippen LogP) is 1.81. The van der Waals surface area contributed by atoms with Crippen LogP contribution in [0.1, 0.15) is 31.2 Å². The number of carbonyl (C=O) groups is 4. The molecule has 1 aliphatic carbocycles. The number of carbonyl (C=O) groups excluding carboxylic acids is 4. The maximum absolute atomic E-state index is 13.1. The van der Waals surface area contributed by atoms with E-state index in [-0.39, 0.29) is 24.1 Å². The normalized spacial score (nSPS) is 18.6. The van der Waals surface area contributed by atoms with Gasteiger partial charge in [0.2, 0.25) is 5.91 Å². The molecule has 1 saturated carbocycles. The molecule has 9 nitrogen and oxygen atoms in total. The molecular weight excluding hydrogens is 412 g/mol. The predicted molar refractivity (Wildman–Crippen MR) is 117 cm³/mol. The van der Waals surface area contributed by atoms with Crippen LogP contribution < -0.4 is 10.6 Å². The van der Waals surface area contributed by atoms with Crippen LogP contribution in [0.2, 0.25) is 0 Å². The molecular formula is C23H26N4O5. The summed E-state index contributed by atoms with van der Waals surface area (Å²) < 4.78 is 6.72. The van der Waals surface area contributed by atoms with E-state index in [0.29, 0.717) is 18.7 Å². The number of para-hydroxylation sites is 1. The van der Waals surface area contributed by atoms with Crippen LogP contribution in [-0.2, 0) is 25.7 Å². The lowest BCUT2D eigenvalue weighted by atomic mass is 10.0. The Kier molecular flexibility index (Phi) is 6.36. The van der Waals surface area contributed by atoms with Gasteiger partial charge in [0, 0.05) is 42.4 Å². The van der Waals surface area contributed by atoms with Crippen LogP contribution in [0.4, 0.5) is 4.79 Å². The molecule has 5 amide bonds. The van der Waals surface area contributed by atoms with Crippen LogP contribution in [0.3, 0.4) is 0 Å². The Morgan fingerprint density at radius 3 is 2.72 bits per heavy atom. The monoisotopic (exact) mass is 438 g/mol. The van der Waals surface area contributed by atoms with E-state index < -0.39 is 17.8 Å². The van der Waals surface area contributed by atoms with Gasteiger partial charge in [-0.2, -0.15) is 0 Å². The van der Waals surface area contributed by atoms with Crippen molar-refractivity contribution in [2.75, 3.05) is 20.3 Å². The minimum atomic E-state index is -0.705. The zero-order valence-electron chi connectivity index (χ0n) is 17.9. The van der Waals surface area contributed by atoms with Crippen LogP contribution in [0.15, 0.2) is 36.0 Å². The Bertz CT molecular complexity index is 1100. The molecule has 0 atom stereocenters. The van der Waals surface area contributed by atoms with Crippen molar-refractivity contribution >= 4 is 40.7 Å². The maximum atomic E-state index is 13.1. The highest BCUT2D eigenvalue weighted by molar-refractivity contribution is 6.31. The largest absolute Gasteiger partial charge is 0.383 e. The number of aromatic nitrogens is 1. The van der Waals surface area contributed by atoms with Gasteiger partial charge in [0.25, 0.3) is 11.8 Å². The zero-order chi connectivity index (χ0) is 22.7. The summed E-state index contributed by atoms with van der Waals surface area (Å²) in [5, 5.41) is 5.88. The number of barbiturate groups is 1. The van der Waals surface area contributed by atoms with Crippen molar-refractivity contribution in [1.29, 1.82) is 0 Å². The molecule has 2 N–H and O–H groups in total. The van der Waals surface area contributed by atoms with Gasteiger partial charge in [0.1, 0.15) is 12.1 Å². The Morgan fingerprint density at radius 1 is 1.22 bits per heavy atom. The molecule has 0 unspecified atom stereocenters. The molecule has 2 heterocycles. The fourth-order valence-electron chi connectivity index (χ4n) is 4.34. The summed E-state index contributed by atoms with van der Waals surface area (Å²) in [7, 11) is 1.56. The lowest BCUT2D eigenvalue weighted by molar-refractivity contribution is -0.131. The van der Waals surface area contributed by atoms with Crippen LogP contribution >= 0.6 is 0 Å². The summed E-state index contributed by atoms with van der Waals surface area (Å²) in [6.45, 7) is 0.911. The van der Waals surface area contributed by atoms with Crippen molar-refractivity contribution in [2.24, 2.45) is 0 Å². The molecule has 2 fully saturated rings. The van der Waals surface area contributed by atoms with Gasteiger partial charge in [-0.05, 0) is 25.0 Å². The third-order valence-corrected chi connectivity index (χ3v) is 5.88. The number of fused-ring (bicyclic) bond motifs is 1. The molecule has 9 heteroatoms. The molecule has 2 aromatic rings. The van der Waals surface area contributed by atoms with Crippen molar-refractivity contribution in [3.05, 3.63) is 41.6 Å². The average Bonchev–Trinajstić information content (AvgIpc) is 3.40. The number of methoxy groups -OCH3 is 1. The van der Waals surface area contributed by atoms with Gasteiger partial charge in [-0.1, -0.05) is 31.0 Å². The van der Waals surface area contributed by atoms with Crippen LogP contribution in [0, 0.1) is 0 Å². The second-order valence-electron chi connectivity index (χ2n) is 8.00. The highest BCUT2D eigenvalue weighted by Gasteiger charge is 2.40. The van der Waals surface area contributed by atoms with Gasteiger partial charge in [0.15, 0.2) is 0 Å². The number of hydrogen-bond acceptors (Lipinski definition) is 5. The van der Waals surface area contributed by atoms with E-state index in [4.69, 9.17) is 4.74 Å². The summed E-state index contributed by atoms with van der Waals surface area (Å²) in [6, 6.07) is 6.61. The van der Waals surface area contributed by atoms with E-state index in [9.17, 15) is 19.2 Å². The average molecular weight is 438 g/mol. The first-order valence-corrected chi connectivity index (χ1v) is 10.7. The maximum Gasteiger partial charge on any atom is 0.331 e. The van der Waals surface area contributed by atoms with Gasteiger partial charge < -0.3 is 14.6 Å². The van der Waals surface area contributed by atoms with E-state index >= 15 is 0 Å². The highest BCUT2D eigenvalue weighted by atomic mass is 16.5. The van der Waals surface area contributed by atoms with Gasteiger partial charge in [-0.15, -0.1) is 0 Å². The Morgan fingerprint density at radius 2 is 1.97 bits per heavy atom. The van der Waals surface area contributed by atoms with Crippen molar-refractivity contribution in [3.8, 4) is 0 Å². The fraction of sp³-hybridized carbons (Fsp3) is 0.391. The molecule has 32 heavy (non-hydrogen) atoms. The summed E-state index contributed by atoms with van der Waals surface area (Å²) in [5.74, 6) is -1.45. The van der Waals surface area contributed by atoms with E-state index in [0.717, 1.165) is 36.6 Å². The summed E-state index contributed by atoms with van der Waals surface area (Å²) >= 11 is 0. The second-order valence-corrected chi connectivity index (χ2v) is 8.00. The Balaban J connectivity index is 1.65. The molecule has 1 saturated heterocycles. The van der Waals surface area contributed by atoms with E-state index in [2.05, 4.69) is 10.6 Å². The highest BCUT2D eigenvalue weighted by Crippen LogP contribution is 2.29. The standard InChI is InChI=1S/C23H26N4O5/c1-32-11-10-24-20(28)14-26-13-15(17-8-4-5-9-19(17)26)12-18-21(29)25-23(31)27(22(18)30)16-6-2-3-7-16/h4-5,8-9,12-13,16H,2-3,6-7,10-11,14H2,1H3,(H,24,28)(H,25,29,31)/b18-12-. The van der Waals surface area contributed by atoms with Gasteiger partial charge in [0.05, 0.1) is 6.61 Å². The third-order valence-electron chi connectivity index (χ3n) is 5.88. The minimum absolute atomic E-state index is 0.0797. The molecule has 0 radical (unpaired) electrons. The Labute approximate surface area is 185 Å². The minimum Gasteiger partial charge on any atom is -0.383 e. The Hall–Kier alpha value is -3.46. The number of ether oxygens (including phenoxy) is 1. The summed E-state index contributed by atoms with van der Waals surface area (Å²) in [4.78, 5) is 51.4. The third kappa shape index (κ3) is 4.29. The van der Waals surface area contributed by atoms with Crippen LogP contribution in [-0.4, -0.2) is 59.5 Å². The van der Waals surface area contributed by atoms with Crippen LogP contribution in [0.5, 0.6) is 0 Å². The van der Waals surface area contributed by atoms with E-state index in [1.807, 2.05) is 24.3 Å². The van der Waals surface area contributed by atoms with Gasteiger partial charge in [-0.25, -0.2) is 4.79 Å². The van der Waals surface area contributed by atoms with Gasteiger partial charge in [-0.3, -0.25) is 24.6 Å². The summed E-state index contributed by atoms with van der Waals surface area (Å²) in [5.41, 5.74) is 1.35. The van der Waals surface area contributed by atoms with Crippen molar-refractivity contribution in [3.63, 3.8) is 0 Å². The number of imide groups is 2. The second kappa shape index (κ2) is 9.35. The van der Waals surface area contributed by atoms with Crippen molar-refractivity contribution in [1.82, 2.24) is 20.1 Å². The molecule has 1 aliphatic heterocycles. The lowest BCUT2D eigenvalue weighted by Crippen LogP contribution is -2.57. The summed E-state index contributed by atoms with van der Waals surface area (Å²) in [6.07, 6.45) is 6.65. The molecule has 168 valence electrons. The number of nitrogens with one attached hydrogen (secondary N) is 2. The number of amides is 5. The first-order chi connectivity index (χ1) is 15.5. The van der Waals surface area contributed by atoms with Crippen molar-refractivity contribution < 1.29 is 23.9 Å². The molecule has 0 spiro atoms. The van der Waals surface area contributed by atoms with E-state index in [1.165, 1.54) is 11.0 Å². The molecule has 1 aromatic heterocycles.